The van der Waals surface area contributed by atoms with Crippen molar-refractivity contribution in [1.82, 2.24) is 10.0 Å². The van der Waals surface area contributed by atoms with Gasteiger partial charge in [0.2, 0.25) is 0 Å². The Hall–Kier alpha value is -1.80. The number of aliphatic imine (C=N–C) groups is 2. The maximum Gasteiger partial charge on any atom is 0.505 e. The number of thioether (sulfide) groups is 1. The maximum absolute atomic E-state index is 12.9. The van der Waals surface area contributed by atoms with Crippen LogP contribution in [0.1, 0.15) is 13.3 Å². The van der Waals surface area contributed by atoms with Crippen molar-refractivity contribution in [1.29, 1.82) is 0 Å². The van der Waals surface area contributed by atoms with Crippen molar-refractivity contribution in [2.24, 2.45) is 9.98 Å². The van der Waals surface area contributed by atoms with Gasteiger partial charge in [0.25, 0.3) is 0 Å². The number of carbonyl (C=O) groups excluding carboxylic acids is 1. The average molecular weight is 434 g/mol. The van der Waals surface area contributed by atoms with Crippen molar-refractivity contribution >= 4 is 28.6 Å². The Morgan fingerprint density at radius 1 is 1.18 bits per heavy atom. The normalized spacial score (nSPS) is 23.8. The van der Waals surface area contributed by atoms with Crippen molar-refractivity contribution in [3.05, 3.63) is 11.1 Å². The molecule has 2 saturated heterocycles. The van der Waals surface area contributed by atoms with Gasteiger partial charge in [-0.1, -0.05) is 6.92 Å². The number of alkyl halides is 6. The first-order chi connectivity index (χ1) is 13.0. The second kappa shape index (κ2) is 9.13. The van der Waals surface area contributed by atoms with Crippen molar-refractivity contribution in [3.63, 3.8) is 0 Å². The molecule has 14 heteroatoms. The quantitative estimate of drug-likeness (QED) is 0.294. The minimum Gasteiger partial charge on any atom is -0.462 e. The van der Waals surface area contributed by atoms with E-state index in [2.05, 4.69) is 9.98 Å². The third kappa shape index (κ3) is 6.67. The number of carbonyl (C=O) groups is 1. The molecule has 0 aromatic heterocycles. The summed E-state index contributed by atoms with van der Waals surface area (Å²) in [6, 6.07) is 0. The number of halogens is 6. The molecule has 28 heavy (non-hydrogen) atoms. The molecular weight excluding hydrogens is 418 g/mol. The lowest BCUT2D eigenvalue weighted by atomic mass is 10.4. The molecule has 0 aromatic rings. The number of amidine groups is 1. The molecule has 2 aliphatic heterocycles. The second-order valence-electron chi connectivity index (χ2n) is 5.42. The molecule has 0 amide bonds. The van der Waals surface area contributed by atoms with E-state index in [4.69, 9.17) is 9.47 Å². The monoisotopic (exact) mass is 434 g/mol. The largest absolute Gasteiger partial charge is 0.505 e. The van der Waals surface area contributed by atoms with Crippen LogP contribution < -0.4 is 0 Å². The molecule has 0 N–H and O–H groups in total. The fraction of sp³-hybridized carbons (Fsp3) is 0.643. The Balaban J connectivity index is 2.50. The van der Waals surface area contributed by atoms with Crippen LogP contribution >= 0.6 is 11.8 Å². The Morgan fingerprint density at radius 3 is 2.32 bits per heavy atom. The molecule has 7 nitrogen and oxygen atoms in total. The lowest BCUT2D eigenvalue weighted by Gasteiger charge is -2.35. The highest BCUT2D eigenvalue weighted by Crippen LogP contribution is 2.37. The Bertz CT molecular complexity index is 671. The van der Waals surface area contributed by atoms with Crippen LogP contribution in [0, 0.1) is 0 Å². The molecule has 158 valence electrons. The van der Waals surface area contributed by atoms with Gasteiger partial charge in [0.1, 0.15) is 5.03 Å². The van der Waals surface area contributed by atoms with E-state index in [9.17, 15) is 31.1 Å². The van der Waals surface area contributed by atoms with Crippen molar-refractivity contribution in [3.8, 4) is 0 Å². The molecule has 0 radical (unpaired) electrons. The number of nitrogens with zero attached hydrogens (tertiary/aromatic N) is 4. The minimum atomic E-state index is -5.15. The fourth-order valence-electron chi connectivity index (χ4n) is 2.25. The van der Waals surface area contributed by atoms with Gasteiger partial charge in [0, 0.05) is 13.1 Å². The zero-order chi connectivity index (χ0) is 20.9. The van der Waals surface area contributed by atoms with Crippen LogP contribution in [0.5, 0.6) is 0 Å². The van der Waals surface area contributed by atoms with Gasteiger partial charge in [-0.25, -0.2) is 14.8 Å². The third-order valence-corrected chi connectivity index (χ3v) is 4.19. The molecule has 0 unspecified atom stereocenters. The molecule has 2 fully saturated rings. The van der Waals surface area contributed by atoms with E-state index >= 15 is 0 Å². The highest BCUT2D eigenvalue weighted by atomic mass is 32.2. The number of ether oxygens (including phenoxy) is 2. The summed E-state index contributed by atoms with van der Waals surface area (Å²) >= 11 is 0.253. The number of esters is 1. The molecule has 2 aliphatic rings. The van der Waals surface area contributed by atoms with Crippen molar-refractivity contribution in [2.75, 3.05) is 32.9 Å². The standard InChI is InChI=1S/C14H16F6N4O3S/c1-2-5-27-10(25)8-9-24(23-3-6-26-7-4-23)11(21-13(15,16)17)12(28-9)22-14(18,19)20/h8H,2-7H2,1H3. The molecule has 0 saturated carbocycles. The molecule has 0 spiro atoms. The van der Waals surface area contributed by atoms with Gasteiger partial charge in [0.15, 0.2) is 10.9 Å². The first-order valence-electron chi connectivity index (χ1n) is 8.02. The second-order valence-corrected chi connectivity index (χ2v) is 6.43. The molecule has 2 rings (SSSR count). The lowest BCUT2D eigenvalue weighted by molar-refractivity contribution is -0.138. The Kier molecular flexibility index (Phi) is 7.33. The van der Waals surface area contributed by atoms with E-state index in [0.717, 1.165) is 11.1 Å². The predicted molar refractivity (Wildman–Crippen MR) is 88.1 cm³/mol. The molecular formula is C14H16F6N4O3S. The number of rotatable bonds is 4. The highest BCUT2D eigenvalue weighted by Gasteiger charge is 2.43. The van der Waals surface area contributed by atoms with E-state index in [1.807, 2.05) is 0 Å². The number of hydrazine groups is 1. The van der Waals surface area contributed by atoms with E-state index in [1.165, 1.54) is 5.01 Å². The van der Waals surface area contributed by atoms with E-state index in [1.54, 1.807) is 6.92 Å². The summed E-state index contributed by atoms with van der Waals surface area (Å²) < 4.78 is 86.9. The zero-order valence-corrected chi connectivity index (χ0v) is 15.3. The van der Waals surface area contributed by atoms with Crippen LogP contribution in [-0.2, 0) is 14.3 Å². The van der Waals surface area contributed by atoms with Crippen molar-refractivity contribution in [2.45, 2.75) is 25.9 Å². The molecule has 0 aromatic carbocycles. The Labute approximate surface area is 160 Å². The van der Waals surface area contributed by atoms with Crippen molar-refractivity contribution < 1.29 is 40.6 Å². The van der Waals surface area contributed by atoms with Gasteiger partial charge in [-0.3, -0.25) is 0 Å². The summed E-state index contributed by atoms with van der Waals surface area (Å²) in [5, 5.41) is 0.858. The fourth-order valence-corrected chi connectivity index (χ4v) is 3.26. The number of morpholine rings is 1. The third-order valence-electron chi connectivity index (χ3n) is 3.22. The summed E-state index contributed by atoms with van der Waals surface area (Å²) in [5.41, 5.74) is 0. The Morgan fingerprint density at radius 2 is 1.79 bits per heavy atom. The van der Waals surface area contributed by atoms with Gasteiger partial charge >= 0.3 is 18.6 Å². The molecule has 0 bridgehead atoms. The summed E-state index contributed by atoms with van der Waals surface area (Å²) in [7, 11) is 0. The predicted octanol–water partition coefficient (Wildman–Crippen LogP) is 2.91. The van der Waals surface area contributed by atoms with Crippen LogP contribution in [-0.4, -0.2) is 72.4 Å². The summed E-state index contributed by atoms with van der Waals surface area (Å²) in [6.45, 7) is 2.22. The van der Waals surface area contributed by atoms with Crippen LogP contribution in [0.3, 0.4) is 0 Å². The van der Waals surface area contributed by atoms with Crippen LogP contribution in [0.4, 0.5) is 26.3 Å². The highest BCUT2D eigenvalue weighted by molar-refractivity contribution is 8.19. The topological polar surface area (TPSA) is 66.7 Å². The summed E-state index contributed by atoms with van der Waals surface area (Å²) in [6.07, 6.45) is -8.95. The number of hydrogen-bond donors (Lipinski definition) is 0. The van der Waals surface area contributed by atoms with Gasteiger partial charge in [-0.2, -0.15) is 9.98 Å². The maximum atomic E-state index is 12.9. The summed E-state index contributed by atoms with van der Waals surface area (Å²) in [4.78, 5) is 16.7. The number of hydrogen-bond acceptors (Lipinski definition) is 7. The van der Waals surface area contributed by atoms with Crippen LogP contribution in [0.25, 0.3) is 0 Å². The smallest absolute Gasteiger partial charge is 0.462 e. The van der Waals surface area contributed by atoms with E-state index in [0.29, 0.717) is 6.42 Å². The van der Waals surface area contributed by atoms with Crippen LogP contribution in [0.15, 0.2) is 21.1 Å². The first kappa shape index (κ1) is 22.5. The van der Waals surface area contributed by atoms with Gasteiger partial charge < -0.3 is 9.47 Å². The van der Waals surface area contributed by atoms with Gasteiger partial charge in [-0.05, 0) is 18.2 Å². The average Bonchev–Trinajstić information content (AvgIpc) is 2.87. The molecule has 0 aliphatic carbocycles. The van der Waals surface area contributed by atoms with Gasteiger partial charge in [-0.15, -0.1) is 26.3 Å². The van der Waals surface area contributed by atoms with Crippen LogP contribution in [0.2, 0.25) is 0 Å². The molecule has 2 heterocycles. The minimum absolute atomic E-state index is 0.0534. The first-order valence-corrected chi connectivity index (χ1v) is 8.84. The van der Waals surface area contributed by atoms with E-state index < -0.39 is 29.4 Å². The lowest BCUT2D eigenvalue weighted by Crippen LogP contribution is -2.50. The summed E-state index contributed by atoms with van der Waals surface area (Å²) in [5.74, 6) is -1.96. The molecule has 0 atom stereocenters. The zero-order valence-electron chi connectivity index (χ0n) is 14.5. The van der Waals surface area contributed by atoms with E-state index in [-0.39, 0.29) is 49.7 Å². The van der Waals surface area contributed by atoms with Gasteiger partial charge in [0.05, 0.1) is 25.9 Å². The SMILES string of the molecule is CCCOC(=O)C=C1SC(=NC(F)(F)F)C(=NC(F)(F)F)N1N1CCOCC1.